The van der Waals surface area contributed by atoms with Gasteiger partial charge in [-0.3, -0.25) is 0 Å². The Morgan fingerprint density at radius 1 is 0.900 bits per heavy atom. The van der Waals surface area contributed by atoms with Crippen LogP contribution in [-0.4, -0.2) is 14.7 Å². The summed E-state index contributed by atoms with van der Waals surface area (Å²) in [4.78, 5) is 0.113. The lowest BCUT2D eigenvalue weighted by molar-refractivity contribution is 0.602. The van der Waals surface area contributed by atoms with Crippen LogP contribution in [0.2, 0.25) is 20.1 Å². The molecule has 7 heteroatoms. The second kappa shape index (κ2) is 5.74. The fourth-order valence-corrected chi connectivity index (χ4v) is 3.31. The lowest BCUT2D eigenvalue weighted by Gasteiger charge is -2.09. The van der Waals surface area contributed by atoms with Gasteiger partial charge in [0.25, 0.3) is 0 Å². The number of benzene rings is 2. The molecule has 106 valence electrons. The first-order valence-corrected chi connectivity index (χ1v) is 8.75. The molecule has 0 unspecified atom stereocenters. The van der Waals surface area contributed by atoms with E-state index >= 15 is 0 Å². The summed E-state index contributed by atoms with van der Waals surface area (Å²) in [6, 6.07) is 7.74. The Balaban J connectivity index is 2.71. The number of rotatable bonds is 2. The molecule has 0 aliphatic carbocycles. The Hall–Kier alpha value is -0.450. The molecule has 0 aliphatic rings. The number of hydrogen-bond acceptors (Lipinski definition) is 2. The van der Waals surface area contributed by atoms with E-state index in [1.807, 2.05) is 0 Å². The van der Waals surface area contributed by atoms with Crippen LogP contribution in [-0.2, 0) is 9.84 Å². The molecule has 20 heavy (non-hydrogen) atoms. The molecule has 2 aromatic carbocycles. The van der Waals surface area contributed by atoms with E-state index in [1.165, 1.54) is 12.1 Å². The predicted octanol–water partition coefficient (Wildman–Crippen LogP) is 5.37. The first-order valence-electron chi connectivity index (χ1n) is 5.34. The highest BCUT2D eigenvalue weighted by atomic mass is 35.5. The van der Waals surface area contributed by atoms with E-state index in [4.69, 9.17) is 46.4 Å². The maximum Gasteiger partial charge on any atom is 0.175 e. The van der Waals surface area contributed by atoms with Crippen LogP contribution < -0.4 is 0 Å². The van der Waals surface area contributed by atoms with Gasteiger partial charge in [-0.2, -0.15) is 0 Å². The number of halogens is 4. The summed E-state index contributed by atoms with van der Waals surface area (Å²) >= 11 is 24.0. The van der Waals surface area contributed by atoms with Crippen molar-refractivity contribution in [3.8, 4) is 11.1 Å². The van der Waals surface area contributed by atoms with Crippen LogP contribution in [0.4, 0.5) is 0 Å². The van der Waals surface area contributed by atoms with E-state index in [9.17, 15) is 8.42 Å². The van der Waals surface area contributed by atoms with Gasteiger partial charge in [-0.15, -0.1) is 0 Å². The van der Waals surface area contributed by atoms with Gasteiger partial charge in [-0.25, -0.2) is 8.42 Å². The monoisotopic (exact) mass is 368 g/mol. The quantitative estimate of drug-likeness (QED) is 0.666. The average Bonchev–Trinajstić information content (AvgIpc) is 2.34. The van der Waals surface area contributed by atoms with Crippen molar-refractivity contribution < 1.29 is 8.42 Å². The van der Waals surface area contributed by atoms with E-state index < -0.39 is 9.84 Å². The molecule has 2 nitrogen and oxygen atoms in total. The lowest BCUT2D eigenvalue weighted by atomic mass is 10.1. The Labute approximate surface area is 137 Å². The lowest BCUT2D eigenvalue weighted by Crippen LogP contribution is -1.97. The normalized spacial score (nSPS) is 11.7. The summed E-state index contributed by atoms with van der Waals surface area (Å²) in [7, 11) is -3.37. The second-order valence-corrected chi connectivity index (χ2v) is 7.79. The fraction of sp³-hybridized carbons (Fsp3) is 0.0769. The third-order valence-electron chi connectivity index (χ3n) is 2.65. The molecular formula is C13H8Cl4O2S. The van der Waals surface area contributed by atoms with Gasteiger partial charge in [0, 0.05) is 16.8 Å². The highest BCUT2D eigenvalue weighted by Gasteiger charge is 2.14. The summed E-state index contributed by atoms with van der Waals surface area (Å²) < 4.78 is 23.3. The van der Waals surface area contributed by atoms with E-state index in [0.29, 0.717) is 21.2 Å². The van der Waals surface area contributed by atoms with Crippen LogP contribution in [0.1, 0.15) is 0 Å². The highest BCUT2D eigenvalue weighted by molar-refractivity contribution is 7.90. The summed E-state index contributed by atoms with van der Waals surface area (Å²) in [5.41, 5.74) is 1.12. The topological polar surface area (TPSA) is 34.1 Å². The van der Waals surface area contributed by atoms with Crippen LogP contribution >= 0.6 is 46.4 Å². The Morgan fingerprint density at radius 3 is 2.15 bits per heavy atom. The van der Waals surface area contributed by atoms with Crippen LogP contribution in [0.3, 0.4) is 0 Å². The second-order valence-electron chi connectivity index (χ2n) is 4.17. The van der Waals surface area contributed by atoms with Gasteiger partial charge in [0.2, 0.25) is 0 Å². The molecule has 0 atom stereocenters. The molecule has 2 rings (SSSR count). The minimum atomic E-state index is -3.37. The zero-order valence-corrected chi connectivity index (χ0v) is 14.0. The van der Waals surface area contributed by atoms with Crippen LogP contribution in [0.5, 0.6) is 0 Å². The Morgan fingerprint density at radius 2 is 1.55 bits per heavy atom. The third kappa shape index (κ3) is 3.23. The van der Waals surface area contributed by atoms with Gasteiger partial charge in [-0.05, 0) is 29.8 Å². The van der Waals surface area contributed by atoms with Gasteiger partial charge < -0.3 is 0 Å². The summed E-state index contributed by atoms with van der Waals surface area (Å²) in [5, 5.41) is 1.09. The third-order valence-corrected chi connectivity index (χ3v) is 5.25. The van der Waals surface area contributed by atoms with E-state index in [1.54, 1.807) is 18.2 Å². The first kappa shape index (κ1) is 15.9. The van der Waals surface area contributed by atoms with Gasteiger partial charge in [0.1, 0.15) is 0 Å². The van der Waals surface area contributed by atoms with Crippen LogP contribution in [0.25, 0.3) is 11.1 Å². The van der Waals surface area contributed by atoms with E-state index in [0.717, 1.165) is 6.26 Å². The minimum Gasteiger partial charge on any atom is -0.224 e. The maximum absolute atomic E-state index is 11.6. The van der Waals surface area contributed by atoms with Crippen LogP contribution in [0.15, 0.2) is 35.2 Å². The van der Waals surface area contributed by atoms with Crippen molar-refractivity contribution in [3.63, 3.8) is 0 Å². The van der Waals surface area contributed by atoms with Gasteiger partial charge >= 0.3 is 0 Å². The molecule has 0 heterocycles. The molecule has 0 saturated carbocycles. The molecule has 0 amide bonds. The molecule has 0 N–H and O–H groups in total. The molecule has 2 aromatic rings. The SMILES string of the molecule is CS(=O)(=O)c1cc(Cl)cc(-c2ccc(Cl)c(Cl)c2Cl)c1. The molecule has 0 radical (unpaired) electrons. The van der Waals surface area contributed by atoms with Gasteiger partial charge in [0.15, 0.2) is 9.84 Å². The minimum absolute atomic E-state index is 0.113. The Bertz CT molecular complexity index is 785. The smallest absolute Gasteiger partial charge is 0.175 e. The zero-order chi connectivity index (χ0) is 15.1. The maximum atomic E-state index is 11.6. The largest absolute Gasteiger partial charge is 0.224 e. The van der Waals surface area contributed by atoms with Gasteiger partial charge in [-0.1, -0.05) is 52.5 Å². The number of hydrogen-bond donors (Lipinski definition) is 0. The first-order chi connectivity index (χ1) is 9.20. The predicted molar refractivity (Wildman–Crippen MR) is 85.0 cm³/mol. The summed E-state index contributed by atoms with van der Waals surface area (Å²) in [6.07, 6.45) is 1.11. The molecule has 0 aliphatic heterocycles. The van der Waals surface area contributed by atoms with Crippen molar-refractivity contribution in [3.05, 3.63) is 50.4 Å². The molecule has 0 saturated heterocycles. The van der Waals surface area contributed by atoms with E-state index in [2.05, 4.69) is 0 Å². The summed E-state index contributed by atoms with van der Waals surface area (Å²) in [6.45, 7) is 0. The molecule has 0 spiro atoms. The van der Waals surface area contributed by atoms with Crippen molar-refractivity contribution >= 4 is 56.2 Å². The van der Waals surface area contributed by atoms with E-state index in [-0.39, 0.29) is 14.9 Å². The summed E-state index contributed by atoms with van der Waals surface area (Å²) in [5.74, 6) is 0. The molecule has 0 fully saturated rings. The van der Waals surface area contributed by atoms with Crippen molar-refractivity contribution in [2.24, 2.45) is 0 Å². The van der Waals surface area contributed by atoms with Gasteiger partial charge in [0.05, 0.1) is 20.0 Å². The van der Waals surface area contributed by atoms with Crippen LogP contribution in [0, 0.1) is 0 Å². The van der Waals surface area contributed by atoms with Crippen molar-refractivity contribution in [1.82, 2.24) is 0 Å². The zero-order valence-electron chi connectivity index (χ0n) is 10.1. The van der Waals surface area contributed by atoms with Crippen molar-refractivity contribution in [2.75, 3.05) is 6.26 Å². The van der Waals surface area contributed by atoms with Crippen molar-refractivity contribution in [1.29, 1.82) is 0 Å². The number of sulfone groups is 1. The molecule has 0 aromatic heterocycles. The molecular weight excluding hydrogens is 362 g/mol. The highest BCUT2D eigenvalue weighted by Crippen LogP contribution is 2.39. The average molecular weight is 370 g/mol. The fourth-order valence-electron chi connectivity index (χ4n) is 1.68. The molecule has 0 bridgehead atoms. The standard InChI is InChI=1S/C13H8Cl4O2S/c1-20(18,19)9-5-7(4-8(14)6-9)10-2-3-11(15)13(17)12(10)16/h2-6H,1H3. The van der Waals surface area contributed by atoms with Crippen molar-refractivity contribution in [2.45, 2.75) is 4.90 Å². The Kier molecular flexibility index (Phi) is 4.57.